The Kier molecular flexibility index (Phi) is 5.28. The minimum Gasteiger partial charge on any atom is -0.478 e. The van der Waals surface area contributed by atoms with E-state index in [0.29, 0.717) is 16.9 Å². The van der Waals surface area contributed by atoms with E-state index in [0.717, 1.165) is 0 Å². The van der Waals surface area contributed by atoms with Crippen LogP contribution in [0, 0.1) is 0 Å². The second-order valence-corrected chi connectivity index (χ2v) is 5.71. The molecular formula is C21H16N2O4. The molecule has 0 aliphatic carbocycles. The minimum absolute atomic E-state index is 0.0590. The predicted octanol–water partition coefficient (Wildman–Crippen LogP) is 3.89. The quantitative estimate of drug-likeness (QED) is 0.643. The summed E-state index contributed by atoms with van der Waals surface area (Å²) in [6.07, 6.45) is 0. The van der Waals surface area contributed by atoms with Crippen molar-refractivity contribution in [3.05, 3.63) is 95.6 Å². The zero-order valence-electron chi connectivity index (χ0n) is 14.2. The van der Waals surface area contributed by atoms with Crippen LogP contribution in [0.3, 0.4) is 0 Å². The Morgan fingerprint density at radius 2 is 1.19 bits per heavy atom. The van der Waals surface area contributed by atoms with Crippen molar-refractivity contribution >= 4 is 29.2 Å². The number of rotatable bonds is 5. The van der Waals surface area contributed by atoms with Crippen molar-refractivity contribution in [1.82, 2.24) is 0 Å². The second kappa shape index (κ2) is 7.97. The van der Waals surface area contributed by atoms with Gasteiger partial charge in [0, 0.05) is 16.9 Å². The van der Waals surface area contributed by atoms with Gasteiger partial charge in [-0.2, -0.15) is 0 Å². The lowest BCUT2D eigenvalue weighted by Crippen LogP contribution is -2.16. The fraction of sp³-hybridized carbons (Fsp3) is 0. The molecule has 0 radical (unpaired) electrons. The molecule has 0 bridgehead atoms. The molecule has 0 heterocycles. The van der Waals surface area contributed by atoms with Crippen molar-refractivity contribution in [2.75, 3.05) is 10.6 Å². The predicted molar refractivity (Wildman–Crippen MR) is 102 cm³/mol. The molecule has 0 fully saturated rings. The molecule has 0 aliphatic rings. The minimum atomic E-state index is -1.18. The van der Waals surface area contributed by atoms with Crippen LogP contribution in [0.4, 0.5) is 11.4 Å². The molecule has 3 aromatic carbocycles. The van der Waals surface area contributed by atoms with Gasteiger partial charge in [0.25, 0.3) is 11.8 Å². The largest absolute Gasteiger partial charge is 0.478 e. The number of carboxylic acids is 1. The summed E-state index contributed by atoms with van der Waals surface area (Å²) in [6.45, 7) is 0. The number of hydrogen-bond donors (Lipinski definition) is 3. The molecule has 2 amide bonds. The van der Waals surface area contributed by atoms with Gasteiger partial charge < -0.3 is 15.7 Å². The zero-order chi connectivity index (χ0) is 19.2. The molecule has 3 aromatic rings. The first-order valence-electron chi connectivity index (χ1n) is 8.15. The van der Waals surface area contributed by atoms with E-state index in [-0.39, 0.29) is 17.0 Å². The van der Waals surface area contributed by atoms with Gasteiger partial charge in [-0.05, 0) is 42.5 Å². The number of carbonyl (C=O) groups is 3. The highest BCUT2D eigenvalue weighted by molar-refractivity contribution is 6.11. The molecule has 0 saturated heterocycles. The van der Waals surface area contributed by atoms with Gasteiger partial charge in [-0.15, -0.1) is 0 Å². The van der Waals surface area contributed by atoms with Crippen molar-refractivity contribution < 1.29 is 19.5 Å². The molecule has 0 unspecified atom stereocenters. The molecule has 3 N–H and O–H groups in total. The number of amides is 2. The summed E-state index contributed by atoms with van der Waals surface area (Å²) in [5.74, 6) is -1.99. The highest BCUT2D eigenvalue weighted by Gasteiger charge is 2.16. The molecule has 134 valence electrons. The summed E-state index contributed by atoms with van der Waals surface area (Å²) in [5, 5.41) is 14.6. The number of aromatic carboxylic acids is 1. The van der Waals surface area contributed by atoms with Crippen LogP contribution in [0.2, 0.25) is 0 Å². The molecule has 0 spiro atoms. The Bertz CT molecular complexity index is 1000. The Balaban J connectivity index is 1.76. The SMILES string of the molecule is O=C(Nc1cccc(NC(=O)c2ccccc2C(=O)O)c1)c1ccccc1. The van der Waals surface area contributed by atoms with Crippen molar-refractivity contribution in [2.45, 2.75) is 0 Å². The van der Waals surface area contributed by atoms with Crippen LogP contribution in [-0.2, 0) is 0 Å². The fourth-order valence-electron chi connectivity index (χ4n) is 2.53. The topological polar surface area (TPSA) is 95.5 Å². The van der Waals surface area contributed by atoms with Crippen molar-refractivity contribution in [1.29, 1.82) is 0 Å². The van der Waals surface area contributed by atoms with Gasteiger partial charge in [0.2, 0.25) is 0 Å². The summed E-state index contributed by atoms with van der Waals surface area (Å²) in [5.41, 5.74) is 1.44. The number of nitrogens with one attached hydrogen (secondary N) is 2. The van der Waals surface area contributed by atoms with Gasteiger partial charge in [0.05, 0.1) is 11.1 Å². The van der Waals surface area contributed by atoms with E-state index in [1.807, 2.05) is 6.07 Å². The molecule has 6 heteroatoms. The van der Waals surface area contributed by atoms with Gasteiger partial charge in [0.1, 0.15) is 0 Å². The second-order valence-electron chi connectivity index (χ2n) is 5.71. The summed E-state index contributed by atoms with van der Waals surface area (Å²) < 4.78 is 0. The van der Waals surface area contributed by atoms with Gasteiger partial charge in [0.15, 0.2) is 0 Å². The standard InChI is InChI=1S/C21H16N2O4/c24-19(14-7-2-1-3-8-14)22-15-9-6-10-16(13-15)23-20(25)17-11-4-5-12-18(17)21(26)27/h1-13H,(H,22,24)(H,23,25)(H,26,27). The smallest absolute Gasteiger partial charge is 0.336 e. The molecule has 27 heavy (non-hydrogen) atoms. The van der Waals surface area contributed by atoms with E-state index >= 15 is 0 Å². The molecule has 3 rings (SSSR count). The van der Waals surface area contributed by atoms with Crippen LogP contribution in [0.5, 0.6) is 0 Å². The third-order valence-electron chi connectivity index (χ3n) is 3.82. The summed E-state index contributed by atoms with van der Waals surface area (Å²) in [7, 11) is 0. The van der Waals surface area contributed by atoms with E-state index in [9.17, 15) is 19.5 Å². The molecule has 0 aromatic heterocycles. The maximum atomic E-state index is 12.4. The van der Waals surface area contributed by atoms with Gasteiger partial charge in [-0.25, -0.2) is 4.79 Å². The Morgan fingerprint density at radius 3 is 1.81 bits per heavy atom. The molecule has 0 saturated carbocycles. The number of hydrogen-bond acceptors (Lipinski definition) is 3. The lowest BCUT2D eigenvalue weighted by atomic mass is 10.1. The molecule has 0 atom stereocenters. The van der Waals surface area contributed by atoms with Crippen molar-refractivity contribution in [3.63, 3.8) is 0 Å². The Morgan fingerprint density at radius 1 is 0.630 bits per heavy atom. The first-order valence-corrected chi connectivity index (χ1v) is 8.15. The van der Waals surface area contributed by atoms with Gasteiger partial charge >= 0.3 is 5.97 Å². The lowest BCUT2D eigenvalue weighted by molar-refractivity contribution is 0.0692. The van der Waals surface area contributed by atoms with Crippen LogP contribution in [0.15, 0.2) is 78.9 Å². The number of benzene rings is 3. The third-order valence-corrected chi connectivity index (χ3v) is 3.82. The van der Waals surface area contributed by atoms with E-state index < -0.39 is 11.9 Å². The zero-order valence-corrected chi connectivity index (χ0v) is 14.2. The van der Waals surface area contributed by atoms with Crippen LogP contribution in [-0.4, -0.2) is 22.9 Å². The van der Waals surface area contributed by atoms with E-state index in [1.54, 1.807) is 60.7 Å². The number of carboxylic acid groups (broad SMARTS) is 1. The molecule has 0 aliphatic heterocycles. The summed E-state index contributed by atoms with van der Waals surface area (Å²) >= 11 is 0. The molecule has 6 nitrogen and oxygen atoms in total. The summed E-state index contributed by atoms with van der Waals surface area (Å²) in [4.78, 5) is 35.9. The van der Waals surface area contributed by atoms with Crippen LogP contribution < -0.4 is 10.6 Å². The average molecular weight is 360 g/mol. The van der Waals surface area contributed by atoms with Gasteiger partial charge in [-0.1, -0.05) is 36.4 Å². The fourth-order valence-corrected chi connectivity index (χ4v) is 2.53. The third kappa shape index (κ3) is 4.38. The first-order chi connectivity index (χ1) is 13.0. The summed E-state index contributed by atoms with van der Waals surface area (Å²) in [6, 6.07) is 21.3. The maximum absolute atomic E-state index is 12.4. The molecular weight excluding hydrogens is 344 g/mol. The lowest BCUT2D eigenvalue weighted by Gasteiger charge is -2.10. The van der Waals surface area contributed by atoms with Gasteiger partial charge in [-0.3, -0.25) is 9.59 Å². The monoisotopic (exact) mass is 360 g/mol. The average Bonchev–Trinajstić information content (AvgIpc) is 2.69. The normalized spacial score (nSPS) is 10.1. The van der Waals surface area contributed by atoms with Crippen LogP contribution in [0.25, 0.3) is 0 Å². The van der Waals surface area contributed by atoms with E-state index in [1.165, 1.54) is 12.1 Å². The van der Waals surface area contributed by atoms with E-state index in [4.69, 9.17) is 0 Å². The highest BCUT2D eigenvalue weighted by atomic mass is 16.4. The number of anilines is 2. The van der Waals surface area contributed by atoms with Crippen LogP contribution in [0.1, 0.15) is 31.1 Å². The highest BCUT2D eigenvalue weighted by Crippen LogP contribution is 2.18. The van der Waals surface area contributed by atoms with Crippen molar-refractivity contribution in [2.24, 2.45) is 0 Å². The first kappa shape index (κ1) is 17.9. The number of carbonyl (C=O) groups excluding carboxylic acids is 2. The van der Waals surface area contributed by atoms with Crippen molar-refractivity contribution in [3.8, 4) is 0 Å². The Hall–Kier alpha value is -3.93. The Labute approximate surface area is 155 Å². The maximum Gasteiger partial charge on any atom is 0.336 e. The van der Waals surface area contributed by atoms with Crippen LogP contribution >= 0.6 is 0 Å². The van der Waals surface area contributed by atoms with E-state index in [2.05, 4.69) is 10.6 Å².